The molecule has 2 amide bonds. The molecule has 0 atom stereocenters. The van der Waals surface area contributed by atoms with E-state index < -0.39 is 11.8 Å². The van der Waals surface area contributed by atoms with Crippen LogP contribution in [0.2, 0.25) is 0 Å². The molecule has 0 saturated heterocycles. The maximum absolute atomic E-state index is 12.2. The second kappa shape index (κ2) is 9.10. The first-order valence-electron chi connectivity index (χ1n) is 9.46. The van der Waals surface area contributed by atoms with Gasteiger partial charge in [-0.15, -0.1) is 0 Å². The number of aromatic amines is 1. The second-order valence-corrected chi connectivity index (χ2v) is 7.05. The zero-order chi connectivity index (χ0) is 20.8. The number of aromatic nitrogens is 1. The molecule has 6 heteroatoms. The van der Waals surface area contributed by atoms with Crippen molar-refractivity contribution in [1.29, 1.82) is 0 Å². The third kappa shape index (κ3) is 5.25. The van der Waals surface area contributed by atoms with Gasteiger partial charge in [-0.25, -0.2) is 0 Å². The van der Waals surface area contributed by atoms with Crippen molar-refractivity contribution in [3.8, 4) is 5.75 Å². The predicted molar refractivity (Wildman–Crippen MR) is 115 cm³/mol. The summed E-state index contributed by atoms with van der Waals surface area (Å²) in [6.45, 7) is 8.47. The summed E-state index contributed by atoms with van der Waals surface area (Å²) in [5.41, 5.74) is 4.75. The van der Waals surface area contributed by atoms with Crippen LogP contribution in [0.15, 0.2) is 60.8 Å². The van der Waals surface area contributed by atoms with Crippen molar-refractivity contribution in [3.63, 3.8) is 0 Å². The van der Waals surface area contributed by atoms with Crippen LogP contribution in [0.5, 0.6) is 5.75 Å². The predicted octanol–water partition coefficient (Wildman–Crippen LogP) is 3.73. The Morgan fingerprint density at radius 2 is 1.93 bits per heavy atom. The van der Waals surface area contributed by atoms with E-state index in [1.807, 2.05) is 25.3 Å². The first-order chi connectivity index (χ1) is 13.9. The number of amides is 2. The van der Waals surface area contributed by atoms with Gasteiger partial charge in [-0.1, -0.05) is 24.8 Å². The Kier molecular flexibility index (Phi) is 6.34. The number of aryl methyl sites for hydroxylation is 1. The molecule has 1 heterocycles. The molecule has 0 radical (unpaired) electrons. The van der Waals surface area contributed by atoms with Crippen LogP contribution in [0.25, 0.3) is 10.9 Å². The molecule has 0 fully saturated rings. The van der Waals surface area contributed by atoms with Gasteiger partial charge in [0.2, 0.25) is 0 Å². The average Bonchev–Trinajstić information content (AvgIpc) is 3.11. The Labute approximate surface area is 170 Å². The van der Waals surface area contributed by atoms with E-state index >= 15 is 0 Å². The van der Waals surface area contributed by atoms with Crippen LogP contribution in [-0.4, -0.2) is 29.9 Å². The molecule has 150 valence electrons. The zero-order valence-electron chi connectivity index (χ0n) is 16.7. The van der Waals surface area contributed by atoms with Crippen LogP contribution < -0.4 is 15.4 Å². The van der Waals surface area contributed by atoms with E-state index in [4.69, 9.17) is 4.74 Å². The van der Waals surface area contributed by atoms with Crippen LogP contribution in [0.1, 0.15) is 18.1 Å². The van der Waals surface area contributed by atoms with Crippen molar-refractivity contribution in [2.45, 2.75) is 20.3 Å². The van der Waals surface area contributed by atoms with Gasteiger partial charge in [-0.05, 0) is 55.2 Å². The third-order valence-corrected chi connectivity index (χ3v) is 4.46. The van der Waals surface area contributed by atoms with Gasteiger partial charge in [0.15, 0.2) is 0 Å². The highest BCUT2D eigenvalue weighted by atomic mass is 16.5. The minimum Gasteiger partial charge on any atom is -0.489 e. The van der Waals surface area contributed by atoms with Crippen molar-refractivity contribution in [3.05, 3.63) is 71.9 Å². The summed E-state index contributed by atoms with van der Waals surface area (Å²) in [6, 6.07) is 13.0. The topological polar surface area (TPSA) is 83.2 Å². The number of hydrogen-bond acceptors (Lipinski definition) is 3. The van der Waals surface area contributed by atoms with Gasteiger partial charge < -0.3 is 20.4 Å². The van der Waals surface area contributed by atoms with Crippen molar-refractivity contribution < 1.29 is 14.3 Å². The van der Waals surface area contributed by atoms with Gasteiger partial charge in [0, 0.05) is 35.4 Å². The van der Waals surface area contributed by atoms with Crippen molar-refractivity contribution >= 4 is 28.4 Å². The number of fused-ring (bicyclic) bond motifs is 1. The Balaban J connectivity index is 1.52. The number of carbonyl (C=O) groups excluding carboxylic acids is 2. The van der Waals surface area contributed by atoms with E-state index in [0.717, 1.165) is 22.0 Å². The highest BCUT2D eigenvalue weighted by Crippen LogP contribution is 2.22. The summed E-state index contributed by atoms with van der Waals surface area (Å²) in [4.78, 5) is 27.5. The SMILES string of the molecule is C=C(C)COc1cccc(NC(=O)C(=O)NCCc2c[nH]c3cccc(C)c23)c1. The van der Waals surface area contributed by atoms with E-state index in [-0.39, 0.29) is 0 Å². The molecule has 2 aromatic carbocycles. The molecular formula is C23H25N3O3. The van der Waals surface area contributed by atoms with Gasteiger partial charge >= 0.3 is 11.8 Å². The lowest BCUT2D eigenvalue weighted by Gasteiger charge is -2.09. The Hall–Kier alpha value is -3.54. The first-order valence-corrected chi connectivity index (χ1v) is 9.46. The van der Waals surface area contributed by atoms with Crippen LogP contribution in [0.4, 0.5) is 5.69 Å². The van der Waals surface area contributed by atoms with Gasteiger partial charge in [-0.3, -0.25) is 9.59 Å². The summed E-state index contributed by atoms with van der Waals surface area (Å²) in [7, 11) is 0. The Morgan fingerprint density at radius 3 is 2.72 bits per heavy atom. The monoisotopic (exact) mass is 391 g/mol. The smallest absolute Gasteiger partial charge is 0.313 e. The highest BCUT2D eigenvalue weighted by molar-refractivity contribution is 6.39. The maximum atomic E-state index is 12.2. The minimum absolute atomic E-state index is 0.370. The summed E-state index contributed by atoms with van der Waals surface area (Å²) in [6.07, 6.45) is 2.58. The van der Waals surface area contributed by atoms with E-state index in [0.29, 0.717) is 31.0 Å². The van der Waals surface area contributed by atoms with Gasteiger partial charge in [-0.2, -0.15) is 0 Å². The fourth-order valence-corrected chi connectivity index (χ4v) is 3.10. The third-order valence-electron chi connectivity index (χ3n) is 4.46. The van der Waals surface area contributed by atoms with Crippen LogP contribution in [-0.2, 0) is 16.0 Å². The van der Waals surface area contributed by atoms with Crippen molar-refractivity contribution in [2.75, 3.05) is 18.5 Å². The van der Waals surface area contributed by atoms with Crippen LogP contribution in [0, 0.1) is 6.92 Å². The lowest BCUT2D eigenvalue weighted by Crippen LogP contribution is -2.36. The van der Waals surface area contributed by atoms with E-state index in [2.05, 4.69) is 35.2 Å². The Morgan fingerprint density at radius 1 is 1.14 bits per heavy atom. The fourth-order valence-electron chi connectivity index (χ4n) is 3.10. The van der Waals surface area contributed by atoms with Gasteiger partial charge in [0.1, 0.15) is 12.4 Å². The summed E-state index contributed by atoms with van der Waals surface area (Å²) in [5, 5.41) is 6.43. The molecule has 3 rings (SSSR count). The molecule has 0 aliphatic heterocycles. The minimum atomic E-state index is -0.711. The number of rotatable bonds is 7. The lowest BCUT2D eigenvalue weighted by molar-refractivity contribution is -0.136. The molecule has 0 saturated carbocycles. The fraction of sp³-hybridized carbons (Fsp3) is 0.217. The molecule has 0 bridgehead atoms. The molecule has 3 N–H and O–H groups in total. The second-order valence-electron chi connectivity index (χ2n) is 7.05. The molecule has 0 spiro atoms. The van der Waals surface area contributed by atoms with Crippen LogP contribution in [0.3, 0.4) is 0 Å². The maximum Gasteiger partial charge on any atom is 0.313 e. The number of carbonyl (C=O) groups is 2. The average molecular weight is 391 g/mol. The molecule has 3 aromatic rings. The highest BCUT2D eigenvalue weighted by Gasteiger charge is 2.14. The van der Waals surface area contributed by atoms with E-state index in [1.54, 1.807) is 24.3 Å². The number of hydrogen-bond donors (Lipinski definition) is 3. The number of benzene rings is 2. The number of nitrogens with one attached hydrogen (secondary N) is 3. The quantitative estimate of drug-likeness (QED) is 0.424. The molecule has 0 unspecified atom stereocenters. The molecule has 1 aromatic heterocycles. The van der Waals surface area contributed by atoms with Gasteiger partial charge in [0.25, 0.3) is 0 Å². The molecular weight excluding hydrogens is 366 g/mol. The molecule has 0 aliphatic carbocycles. The van der Waals surface area contributed by atoms with Crippen molar-refractivity contribution in [1.82, 2.24) is 10.3 Å². The molecule has 0 aliphatic rings. The number of anilines is 1. The molecule has 6 nitrogen and oxygen atoms in total. The summed E-state index contributed by atoms with van der Waals surface area (Å²) in [5.74, 6) is -0.784. The van der Waals surface area contributed by atoms with E-state index in [1.165, 1.54) is 5.56 Å². The number of H-pyrrole nitrogens is 1. The first kappa shape index (κ1) is 20.2. The standard InChI is InChI=1S/C23H25N3O3/c1-15(2)14-29-19-8-5-7-18(12-19)26-23(28)22(27)24-11-10-17-13-25-20-9-4-6-16(3)21(17)20/h4-9,12-13,25H,1,10-11,14H2,2-3H3,(H,24,27)(H,26,28). The van der Waals surface area contributed by atoms with E-state index in [9.17, 15) is 9.59 Å². The van der Waals surface area contributed by atoms with Gasteiger partial charge in [0.05, 0.1) is 0 Å². The summed E-state index contributed by atoms with van der Waals surface area (Å²) >= 11 is 0. The lowest BCUT2D eigenvalue weighted by atomic mass is 10.1. The largest absolute Gasteiger partial charge is 0.489 e. The summed E-state index contributed by atoms with van der Waals surface area (Å²) < 4.78 is 5.55. The normalized spacial score (nSPS) is 10.6. The van der Waals surface area contributed by atoms with Crippen molar-refractivity contribution in [2.24, 2.45) is 0 Å². The van der Waals surface area contributed by atoms with Crippen LogP contribution >= 0.6 is 0 Å². The Bertz CT molecular complexity index is 1050. The molecule has 29 heavy (non-hydrogen) atoms. The zero-order valence-corrected chi connectivity index (χ0v) is 16.7. The number of ether oxygens (including phenoxy) is 1.